The Morgan fingerprint density at radius 2 is 1.74 bits per heavy atom. The van der Waals surface area contributed by atoms with E-state index < -0.39 is 0 Å². The summed E-state index contributed by atoms with van der Waals surface area (Å²) in [5.74, 6) is 0.741. The van der Waals surface area contributed by atoms with E-state index in [-0.39, 0.29) is 5.78 Å². The molecule has 0 bridgehead atoms. The largest absolute Gasteiger partial charge is 0.497 e. The molecule has 0 aliphatic carbocycles. The van der Waals surface area contributed by atoms with Crippen molar-refractivity contribution >= 4 is 11.9 Å². The Morgan fingerprint density at radius 3 is 2.37 bits per heavy atom. The Balaban J connectivity index is 2.14. The monoisotopic (exact) mass is 252 g/mol. The third-order valence-electron chi connectivity index (χ3n) is 2.98. The summed E-state index contributed by atoms with van der Waals surface area (Å²) in [4.78, 5) is 12.0. The predicted molar refractivity (Wildman–Crippen MR) is 77.5 cm³/mol. The first-order chi connectivity index (χ1) is 9.20. The molecule has 0 aliphatic rings. The molecular formula is C17H16O2. The molecule has 0 aliphatic heterocycles. The lowest BCUT2D eigenvalue weighted by molar-refractivity contribution is 0.104. The number of carbonyl (C=O) groups excluding carboxylic acids is 1. The topological polar surface area (TPSA) is 26.3 Å². The molecule has 0 atom stereocenters. The molecule has 0 fully saturated rings. The average Bonchev–Trinajstić information content (AvgIpc) is 2.46. The van der Waals surface area contributed by atoms with Crippen molar-refractivity contribution in [1.29, 1.82) is 0 Å². The quantitative estimate of drug-likeness (QED) is 0.609. The fourth-order valence-corrected chi connectivity index (χ4v) is 1.79. The SMILES string of the molecule is COc1ccc(C(=O)C=Cc2ccccc2C)cc1. The van der Waals surface area contributed by atoms with Crippen LogP contribution in [-0.4, -0.2) is 12.9 Å². The third-order valence-corrected chi connectivity index (χ3v) is 2.98. The molecule has 0 spiro atoms. The zero-order chi connectivity index (χ0) is 13.7. The minimum Gasteiger partial charge on any atom is -0.497 e. The van der Waals surface area contributed by atoms with E-state index in [1.165, 1.54) is 0 Å². The maximum absolute atomic E-state index is 12.0. The second-order valence-corrected chi connectivity index (χ2v) is 4.28. The lowest BCUT2D eigenvalue weighted by Crippen LogP contribution is -1.94. The van der Waals surface area contributed by atoms with Gasteiger partial charge in [0.25, 0.3) is 0 Å². The summed E-state index contributed by atoms with van der Waals surface area (Å²) in [5, 5.41) is 0. The van der Waals surface area contributed by atoms with Crippen LogP contribution in [0.2, 0.25) is 0 Å². The zero-order valence-corrected chi connectivity index (χ0v) is 11.1. The van der Waals surface area contributed by atoms with Crippen LogP contribution in [0.15, 0.2) is 54.6 Å². The number of hydrogen-bond donors (Lipinski definition) is 0. The van der Waals surface area contributed by atoms with Gasteiger partial charge in [0.15, 0.2) is 5.78 Å². The van der Waals surface area contributed by atoms with E-state index in [9.17, 15) is 4.79 Å². The van der Waals surface area contributed by atoms with E-state index in [1.54, 1.807) is 37.5 Å². The van der Waals surface area contributed by atoms with Gasteiger partial charge in [-0.2, -0.15) is 0 Å². The van der Waals surface area contributed by atoms with Crippen molar-refractivity contribution in [1.82, 2.24) is 0 Å². The summed E-state index contributed by atoms with van der Waals surface area (Å²) in [5.41, 5.74) is 2.87. The first-order valence-corrected chi connectivity index (χ1v) is 6.13. The molecule has 0 aromatic heterocycles. The van der Waals surface area contributed by atoms with Gasteiger partial charge in [0.05, 0.1) is 7.11 Å². The minimum absolute atomic E-state index is 0.00842. The number of carbonyl (C=O) groups is 1. The van der Waals surface area contributed by atoms with E-state index in [1.807, 2.05) is 37.3 Å². The summed E-state index contributed by atoms with van der Waals surface area (Å²) >= 11 is 0. The number of hydrogen-bond acceptors (Lipinski definition) is 2. The smallest absolute Gasteiger partial charge is 0.185 e. The first kappa shape index (κ1) is 13.1. The van der Waals surface area contributed by atoms with Crippen LogP contribution in [0.1, 0.15) is 21.5 Å². The zero-order valence-electron chi connectivity index (χ0n) is 11.1. The highest BCUT2D eigenvalue weighted by Crippen LogP contribution is 2.13. The van der Waals surface area contributed by atoms with Crippen molar-refractivity contribution in [3.63, 3.8) is 0 Å². The van der Waals surface area contributed by atoms with Crippen LogP contribution in [0.5, 0.6) is 5.75 Å². The minimum atomic E-state index is -0.00842. The van der Waals surface area contributed by atoms with Gasteiger partial charge in [0.2, 0.25) is 0 Å². The van der Waals surface area contributed by atoms with Crippen molar-refractivity contribution in [3.8, 4) is 5.75 Å². The number of methoxy groups -OCH3 is 1. The van der Waals surface area contributed by atoms with Crippen LogP contribution in [0.25, 0.3) is 6.08 Å². The van der Waals surface area contributed by atoms with E-state index >= 15 is 0 Å². The van der Waals surface area contributed by atoms with Gasteiger partial charge in [0.1, 0.15) is 5.75 Å². The lowest BCUT2D eigenvalue weighted by atomic mass is 10.1. The average molecular weight is 252 g/mol. The lowest BCUT2D eigenvalue weighted by Gasteiger charge is -2.01. The molecule has 0 unspecified atom stereocenters. The van der Waals surface area contributed by atoms with Crippen LogP contribution < -0.4 is 4.74 Å². The van der Waals surface area contributed by atoms with E-state index in [2.05, 4.69) is 0 Å². The summed E-state index contributed by atoms with van der Waals surface area (Å²) in [6, 6.07) is 15.1. The molecule has 2 aromatic rings. The molecule has 2 nitrogen and oxygen atoms in total. The molecule has 0 saturated heterocycles. The van der Waals surface area contributed by atoms with Crippen molar-refractivity contribution < 1.29 is 9.53 Å². The predicted octanol–water partition coefficient (Wildman–Crippen LogP) is 3.90. The third kappa shape index (κ3) is 3.32. The number of rotatable bonds is 4. The second-order valence-electron chi connectivity index (χ2n) is 4.28. The van der Waals surface area contributed by atoms with Crippen LogP contribution in [0.4, 0.5) is 0 Å². The Morgan fingerprint density at radius 1 is 1.05 bits per heavy atom. The number of allylic oxidation sites excluding steroid dienone is 1. The highest BCUT2D eigenvalue weighted by molar-refractivity contribution is 6.06. The summed E-state index contributed by atoms with van der Waals surface area (Å²) in [6.45, 7) is 2.03. The Hall–Kier alpha value is -2.35. The summed E-state index contributed by atoms with van der Waals surface area (Å²) in [7, 11) is 1.61. The maximum Gasteiger partial charge on any atom is 0.185 e. The van der Waals surface area contributed by atoms with Gasteiger partial charge in [0, 0.05) is 5.56 Å². The van der Waals surface area contributed by atoms with Gasteiger partial charge >= 0.3 is 0 Å². The molecule has 2 aromatic carbocycles. The molecule has 0 amide bonds. The van der Waals surface area contributed by atoms with Crippen molar-refractivity contribution in [2.75, 3.05) is 7.11 Å². The van der Waals surface area contributed by atoms with Crippen LogP contribution in [-0.2, 0) is 0 Å². The molecule has 2 rings (SSSR count). The Kier molecular flexibility index (Phi) is 4.14. The van der Waals surface area contributed by atoms with Crippen LogP contribution in [0.3, 0.4) is 0 Å². The Labute approximate surface area is 113 Å². The fraction of sp³-hybridized carbons (Fsp3) is 0.118. The van der Waals surface area contributed by atoms with Gasteiger partial charge in [-0.05, 0) is 48.4 Å². The second kappa shape index (κ2) is 6.01. The Bertz CT molecular complexity index is 595. The number of ether oxygens (including phenoxy) is 1. The fourth-order valence-electron chi connectivity index (χ4n) is 1.79. The molecular weight excluding hydrogens is 236 g/mol. The van der Waals surface area contributed by atoms with E-state index in [0.29, 0.717) is 5.56 Å². The maximum atomic E-state index is 12.0. The van der Waals surface area contributed by atoms with E-state index in [0.717, 1.165) is 16.9 Å². The highest BCUT2D eigenvalue weighted by atomic mass is 16.5. The molecule has 0 saturated carbocycles. The number of benzene rings is 2. The molecule has 0 N–H and O–H groups in total. The van der Waals surface area contributed by atoms with Gasteiger partial charge in [-0.25, -0.2) is 0 Å². The van der Waals surface area contributed by atoms with E-state index in [4.69, 9.17) is 4.74 Å². The summed E-state index contributed by atoms with van der Waals surface area (Å²) in [6.07, 6.45) is 3.45. The van der Waals surface area contributed by atoms with Gasteiger partial charge in [-0.1, -0.05) is 30.3 Å². The number of aryl methyl sites for hydroxylation is 1. The van der Waals surface area contributed by atoms with Crippen LogP contribution >= 0.6 is 0 Å². The highest BCUT2D eigenvalue weighted by Gasteiger charge is 2.02. The van der Waals surface area contributed by atoms with Crippen LogP contribution in [0, 0.1) is 6.92 Å². The van der Waals surface area contributed by atoms with Crippen molar-refractivity contribution in [2.45, 2.75) is 6.92 Å². The molecule has 0 heterocycles. The van der Waals surface area contributed by atoms with Crippen molar-refractivity contribution in [2.24, 2.45) is 0 Å². The number of ketones is 1. The molecule has 19 heavy (non-hydrogen) atoms. The first-order valence-electron chi connectivity index (χ1n) is 6.13. The van der Waals surface area contributed by atoms with Gasteiger partial charge < -0.3 is 4.74 Å². The molecule has 0 radical (unpaired) electrons. The van der Waals surface area contributed by atoms with Gasteiger partial charge in [-0.3, -0.25) is 4.79 Å². The van der Waals surface area contributed by atoms with Gasteiger partial charge in [-0.15, -0.1) is 0 Å². The molecule has 96 valence electrons. The van der Waals surface area contributed by atoms with Crippen molar-refractivity contribution in [3.05, 3.63) is 71.3 Å². The molecule has 2 heteroatoms. The normalized spacial score (nSPS) is 10.6. The summed E-state index contributed by atoms with van der Waals surface area (Å²) < 4.78 is 5.06. The standard InChI is InChI=1S/C17H16O2/c1-13-5-3-4-6-14(13)9-12-17(18)15-7-10-16(19-2)11-8-15/h3-12H,1-2H3.